The number of carbonyl (C=O) groups excluding carboxylic acids is 3. The molecule has 218 valence electrons. The third-order valence-corrected chi connectivity index (χ3v) is 11.3. The van der Waals surface area contributed by atoms with Crippen LogP contribution >= 0.6 is 46.7 Å². The van der Waals surface area contributed by atoms with Crippen molar-refractivity contribution in [2.75, 3.05) is 34.9 Å². The maximum absolute atomic E-state index is 13.9. The highest BCUT2D eigenvalue weighted by Crippen LogP contribution is 2.58. The minimum atomic E-state index is -0.497. The molecule has 1 aromatic heterocycles. The number of hydrogen-bond acceptors (Lipinski definition) is 8. The largest absolute Gasteiger partial charge is 0.466 e. The maximum atomic E-state index is 13.9. The number of anilines is 2. The molecule has 3 aliphatic rings. The molecule has 7 nitrogen and oxygen atoms in total. The zero-order chi connectivity index (χ0) is 29.0. The summed E-state index contributed by atoms with van der Waals surface area (Å²) in [6.45, 7) is 2.53. The van der Waals surface area contributed by atoms with Gasteiger partial charge in [0, 0.05) is 41.6 Å². The van der Waals surface area contributed by atoms with Crippen molar-refractivity contribution in [2.24, 2.45) is 5.41 Å². The third-order valence-electron chi connectivity index (χ3n) is 7.79. The second kappa shape index (κ2) is 13.4. The summed E-state index contributed by atoms with van der Waals surface area (Å²) in [5, 5.41) is 3.19. The van der Waals surface area contributed by atoms with Crippen molar-refractivity contribution in [3.8, 4) is 0 Å². The molecule has 0 unspecified atom stereocenters. The first-order valence-electron chi connectivity index (χ1n) is 14.0. The summed E-state index contributed by atoms with van der Waals surface area (Å²) in [5.74, 6) is 1.67. The minimum absolute atomic E-state index is 0.109. The van der Waals surface area contributed by atoms with E-state index in [0.29, 0.717) is 18.8 Å². The second-order valence-corrected chi connectivity index (χ2v) is 13.9. The highest BCUT2D eigenvalue weighted by Gasteiger charge is 2.57. The smallest absolute Gasteiger partial charge is 0.307 e. The summed E-state index contributed by atoms with van der Waals surface area (Å²) < 4.78 is 5.36. The van der Waals surface area contributed by atoms with Crippen LogP contribution in [0, 0.1) is 5.41 Å². The number of esters is 1. The van der Waals surface area contributed by atoms with Crippen molar-refractivity contribution in [3.05, 3.63) is 63.5 Å². The first-order chi connectivity index (χ1) is 19.9. The number of carbonyl (C=O) groups is 3. The topological polar surface area (TPSA) is 88.6 Å². The summed E-state index contributed by atoms with van der Waals surface area (Å²) in [7, 11) is 0. The van der Waals surface area contributed by atoms with Crippen LogP contribution in [0.4, 0.5) is 11.4 Å². The van der Waals surface area contributed by atoms with Crippen molar-refractivity contribution in [1.29, 1.82) is 0 Å². The van der Waals surface area contributed by atoms with Crippen molar-refractivity contribution >= 4 is 75.8 Å². The normalized spacial score (nSPS) is 18.7. The van der Waals surface area contributed by atoms with Crippen LogP contribution in [-0.4, -0.2) is 51.9 Å². The number of ether oxygens (including phenoxy) is 1. The first kappa shape index (κ1) is 30.3. The van der Waals surface area contributed by atoms with Crippen LogP contribution < -0.4 is 10.2 Å². The van der Waals surface area contributed by atoms with Crippen molar-refractivity contribution < 1.29 is 19.1 Å². The van der Waals surface area contributed by atoms with Crippen molar-refractivity contribution in [3.63, 3.8) is 0 Å². The number of amides is 1. The van der Waals surface area contributed by atoms with Gasteiger partial charge in [-0.2, -0.15) is 0 Å². The van der Waals surface area contributed by atoms with E-state index < -0.39 is 11.3 Å². The molecule has 1 aromatic carbocycles. The lowest BCUT2D eigenvalue weighted by Crippen LogP contribution is -2.54. The molecule has 11 heteroatoms. The van der Waals surface area contributed by atoms with E-state index in [1.807, 2.05) is 47.8 Å². The molecule has 1 N–H and O–H groups in total. The van der Waals surface area contributed by atoms with E-state index in [0.717, 1.165) is 67.0 Å². The van der Waals surface area contributed by atoms with Gasteiger partial charge in [-0.1, -0.05) is 42.5 Å². The Bertz CT molecular complexity index is 1320. The molecule has 1 saturated carbocycles. The summed E-state index contributed by atoms with van der Waals surface area (Å²) in [6, 6.07) is 7.46. The summed E-state index contributed by atoms with van der Waals surface area (Å²) >= 11 is 16.0. The number of benzene rings is 1. The SMILES string of the molecule is CCOC(=O)CCN(C1=C(C2SCCCS2)C(=O)C12CCCCC2)c1ccc(NC(=O)c2c(Cl)cncc2Cl)cc1. The number of allylic oxidation sites excluding steroid dienone is 1. The third kappa shape index (κ3) is 6.28. The van der Waals surface area contributed by atoms with Crippen molar-refractivity contribution in [2.45, 2.75) is 56.5 Å². The van der Waals surface area contributed by atoms with Gasteiger partial charge < -0.3 is 15.0 Å². The van der Waals surface area contributed by atoms with Gasteiger partial charge >= 0.3 is 5.97 Å². The molecule has 2 heterocycles. The van der Waals surface area contributed by atoms with Gasteiger partial charge in [-0.25, -0.2) is 0 Å². The Hall–Kier alpha value is -2.20. The van der Waals surface area contributed by atoms with E-state index in [4.69, 9.17) is 27.9 Å². The van der Waals surface area contributed by atoms with E-state index in [2.05, 4.69) is 15.2 Å². The molecule has 1 aliphatic heterocycles. The van der Waals surface area contributed by atoms with Gasteiger partial charge in [0.15, 0.2) is 5.78 Å². The number of halogens is 2. The fourth-order valence-corrected chi connectivity index (χ4v) is 9.42. The van der Waals surface area contributed by atoms with E-state index in [1.165, 1.54) is 12.4 Å². The monoisotopic (exact) mass is 633 g/mol. The average Bonchev–Trinajstić information content (AvgIpc) is 2.98. The minimum Gasteiger partial charge on any atom is -0.466 e. The van der Waals surface area contributed by atoms with E-state index >= 15 is 0 Å². The Morgan fingerprint density at radius 2 is 1.71 bits per heavy atom. The molecule has 1 amide bonds. The van der Waals surface area contributed by atoms with E-state index in [1.54, 1.807) is 6.92 Å². The van der Waals surface area contributed by atoms with Gasteiger partial charge in [0.25, 0.3) is 5.91 Å². The predicted molar refractivity (Wildman–Crippen MR) is 168 cm³/mol. The molecule has 5 rings (SSSR count). The Kier molecular flexibility index (Phi) is 9.89. The molecule has 0 radical (unpaired) electrons. The lowest BCUT2D eigenvalue weighted by Gasteiger charge is -2.52. The second-order valence-electron chi connectivity index (χ2n) is 10.3. The lowest BCUT2D eigenvalue weighted by atomic mass is 9.58. The van der Waals surface area contributed by atoms with Crippen LogP contribution in [0.2, 0.25) is 10.0 Å². The predicted octanol–water partition coefficient (Wildman–Crippen LogP) is 7.38. The number of nitrogens with zero attached hydrogens (tertiary/aromatic N) is 2. The van der Waals surface area contributed by atoms with Gasteiger partial charge in [-0.15, -0.1) is 23.5 Å². The van der Waals surface area contributed by atoms with Crippen LogP contribution in [0.25, 0.3) is 0 Å². The number of pyridine rings is 1. The summed E-state index contributed by atoms with van der Waals surface area (Å²) in [4.78, 5) is 45.4. The van der Waals surface area contributed by atoms with Gasteiger partial charge in [-0.05, 0) is 62.0 Å². The number of Topliss-reactive ketones (excluding diaryl/α,β-unsaturated/α-hetero) is 1. The quantitative estimate of drug-likeness (QED) is 0.286. The van der Waals surface area contributed by atoms with Crippen LogP contribution in [0.15, 0.2) is 47.9 Å². The number of aromatic nitrogens is 1. The van der Waals surface area contributed by atoms with Gasteiger partial charge in [0.05, 0.1) is 38.6 Å². The van der Waals surface area contributed by atoms with Gasteiger partial charge in [0.2, 0.25) is 0 Å². The number of ketones is 1. The van der Waals surface area contributed by atoms with E-state index in [-0.39, 0.29) is 38.4 Å². The van der Waals surface area contributed by atoms with Gasteiger partial charge in [0.1, 0.15) is 0 Å². The highest BCUT2D eigenvalue weighted by atomic mass is 35.5. The summed E-state index contributed by atoms with van der Waals surface area (Å²) in [5.41, 5.74) is 3.08. The fraction of sp³-hybridized carbons (Fsp3) is 0.467. The van der Waals surface area contributed by atoms with Crippen LogP contribution in [0.3, 0.4) is 0 Å². The van der Waals surface area contributed by atoms with Crippen LogP contribution in [0.1, 0.15) is 62.2 Å². The molecule has 0 bridgehead atoms. The highest BCUT2D eigenvalue weighted by molar-refractivity contribution is 8.17. The molecular weight excluding hydrogens is 601 g/mol. The number of rotatable bonds is 9. The Balaban J connectivity index is 1.48. The van der Waals surface area contributed by atoms with Gasteiger partial charge in [-0.3, -0.25) is 19.4 Å². The Labute approximate surface area is 259 Å². The molecule has 2 aliphatic carbocycles. The lowest BCUT2D eigenvalue weighted by molar-refractivity contribution is -0.142. The molecule has 2 fully saturated rings. The van der Waals surface area contributed by atoms with Crippen molar-refractivity contribution in [1.82, 2.24) is 4.98 Å². The molecule has 1 spiro atoms. The zero-order valence-corrected chi connectivity index (χ0v) is 26.1. The maximum Gasteiger partial charge on any atom is 0.307 e. The molecule has 2 aromatic rings. The zero-order valence-electron chi connectivity index (χ0n) is 22.9. The molecule has 41 heavy (non-hydrogen) atoms. The van der Waals surface area contributed by atoms with E-state index in [9.17, 15) is 14.4 Å². The van der Waals surface area contributed by atoms with Crippen LogP contribution in [0.5, 0.6) is 0 Å². The summed E-state index contributed by atoms with van der Waals surface area (Å²) in [6.07, 6.45) is 8.95. The number of nitrogens with one attached hydrogen (secondary N) is 1. The average molecular weight is 635 g/mol. The molecular formula is C30H33Cl2N3O4S2. The fourth-order valence-electron chi connectivity index (χ4n) is 5.92. The number of hydrogen-bond donors (Lipinski definition) is 1. The Morgan fingerprint density at radius 3 is 2.34 bits per heavy atom. The van der Waals surface area contributed by atoms with Crippen LogP contribution in [-0.2, 0) is 14.3 Å². The Morgan fingerprint density at radius 1 is 1.05 bits per heavy atom. The number of thioether (sulfide) groups is 2. The molecule has 1 saturated heterocycles. The molecule has 0 atom stereocenters. The first-order valence-corrected chi connectivity index (χ1v) is 16.9. The standard InChI is InChI=1S/C30H33Cl2N3O4S2/c1-2-39-23(36)11-14-35(20-9-7-19(8-10-20)34-28(38)24-21(31)17-33-18-22(24)32)26-25(29-40-15-6-16-41-29)27(37)30(26)12-4-3-5-13-30/h7-10,17-18,29H,2-6,11-16H2,1H3,(H,34,38).